The van der Waals surface area contributed by atoms with E-state index in [0.717, 1.165) is 19.3 Å². The second-order valence-corrected chi connectivity index (χ2v) is 2.82. The van der Waals surface area contributed by atoms with Gasteiger partial charge in [0.25, 0.3) is 0 Å². The molecule has 0 radical (unpaired) electrons. The normalized spacial score (nSPS) is 36.9. The average molecular weight is 126 g/mol. The molecule has 0 aromatic heterocycles. The maximum absolute atomic E-state index is 5.68. The van der Waals surface area contributed by atoms with Crippen LogP contribution in [0.4, 0.5) is 0 Å². The molecule has 9 heavy (non-hydrogen) atoms. The minimum absolute atomic E-state index is 0.159. The molecule has 1 saturated carbocycles. The molecule has 1 aliphatic carbocycles. The monoisotopic (exact) mass is 126 g/mol. The Morgan fingerprint density at radius 1 is 1.33 bits per heavy atom. The molecule has 0 amide bonds. The number of hydrogen-bond acceptors (Lipinski definition) is 2. The Hall–Kier alpha value is -0.340. The smallest absolute Gasteiger partial charge is 0.0229 e. The van der Waals surface area contributed by atoms with E-state index in [4.69, 9.17) is 11.5 Å². The van der Waals surface area contributed by atoms with E-state index in [9.17, 15) is 0 Å². The minimum atomic E-state index is 0.159. The van der Waals surface area contributed by atoms with E-state index in [1.165, 1.54) is 5.57 Å². The van der Waals surface area contributed by atoms with Crippen molar-refractivity contribution < 1.29 is 0 Å². The quantitative estimate of drug-likeness (QED) is 0.461. The molecule has 0 bridgehead atoms. The van der Waals surface area contributed by atoms with E-state index in [0.29, 0.717) is 0 Å². The van der Waals surface area contributed by atoms with Crippen LogP contribution in [0.1, 0.15) is 19.3 Å². The SMILES string of the molecule is C=C1CCC(N)C(N)C1. The van der Waals surface area contributed by atoms with Crippen LogP contribution in [0.3, 0.4) is 0 Å². The van der Waals surface area contributed by atoms with Crippen molar-refractivity contribution in [3.05, 3.63) is 12.2 Å². The van der Waals surface area contributed by atoms with Gasteiger partial charge in [0.05, 0.1) is 0 Å². The first-order valence-electron chi connectivity index (χ1n) is 3.38. The molecule has 2 nitrogen and oxygen atoms in total. The zero-order valence-electron chi connectivity index (χ0n) is 5.64. The van der Waals surface area contributed by atoms with Crippen molar-refractivity contribution in [2.24, 2.45) is 11.5 Å². The van der Waals surface area contributed by atoms with Crippen LogP contribution in [0.25, 0.3) is 0 Å². The van der Waals surface area contributed by atoms with Crippen molar-refractivity contribution >= 4 is 0 Å². The largest absolute Gasteiger partial charge is 0.326 e. The summed E-state index contributed by atoms with van der Waals surface area (Å²) in [6.45, 7) is 3.86. The summed E-state index contributed by atoms with van der Waals surface area (Å²) in [6, 6.07) is 0.363. The lowest BCUT2D eigenvalue weighted by molar-refractivity contribution is 0.445. The highest BCUT2D eigenvalue weighted by molar-refractivity contribution is 5.04. The van der Waals surface area contributed by atoms with Gasteiger partial charge in [0.1, 0.15) is 0 Å². The van der Waals surface area contributed by atoms with E-state index < -0.39 is 0 Å². The lowest BCUT2D eigenvalue weighted by atomic mass is 9.89. The van der Waals surface area contributed by atoms with Crippen molar-refractivity contribution in [1.82, 2.24) is 0 Å². The van der Waals surface area contributed by atoms with Crippen molar-refractivity contribution in [2.45, 2.75) is 31.3 Å². The van der Waals surface area contributed by atoms with E-state index >= 15 is 0 Å². The second-order valence-electron chi connectivity index (χ2n) is 2.82. The van der Waals surface area contributed by atoms with Crippen molar-refractivity contribution in [1.29, 1.82) is 0 Å². The highest BCUT2D eigenvalue weighted by atomic mass is 14.8. The second kappa shape index (κ2) is 2.50. The summed E-state index contributed by atoms with van der Waals surface area (Å²) in [4.78, 5) is 0. The highest BCUT2D eigenvalue weighted by Crippen LogP contribution is 2.19. The highest BCUT2D eigenvalue weighted by Gasteiger charge is 2.19. The van der Waals surface area contributed by atoms with Gasteiger partial charge in [-0.1, -0.05) is 12.2 Å². The van der Waals surface area contributed by atoms with Gasteiger partial charge in [-0.05, 0) is 19.3 Å². The number of hydrogen-bond donors (Lipinski definition) is 2. The van der Waals surface area contributed by atoms with Gasteiger partial charge in [-0.25, -0.2) is 0 Å². The Balaban J connectivity index is 2.44. The molecule has 0 aromatic rings. The fourth-order valence-electron chi connectivity index (χ4n) is 1.17. The standard InChI is InChI=1S/C7H14N2/c1-5-2-3-6(8)7(9)4-5/h6-7H,1-4,8-9H2. The lowest BCUT2D eigenvalue weighted by Gasteiger charge is -2.26. The van der Waals surface area contributed by atoms with Crippen LogP contribution in [-0.4, -0.2) is 12.1 Å². The lowest BCUT2D eigenvalue weighted by Crippen LogP contribution is -2.43. The molecule has 1 rings (SSSR count). The molecule has 0 spiro atoms. The Bertz CT molecular complexity index is 120. The zero-order valence-corrected chi connectivity index (χ0v) is 5.64. The summed E-state index contributed by atoms with van der Waals surface area (Å²) in [5, 5.41) is 0. The Labute approximate surface area is 55.9 Å². The molecule has 0 heterocycles. The molecular weight excluding hydrogens is 112 g/mol. The Morgan fingerprint density at radius 3 is 2.44 bits per heavy atom. The molecule has 2 atom stereocenters. The molecular formula is C7H14N2. The van der Waals surface area contributed by atoms with Crippen LogP contribution >= 0.6 is 0 Å². The fraction of sp³-hybridized carbons (Fsp3) is 0.714. The summed E-state index contributed by atoms with van der Waals surface area (Å²) in [7, 11) is 0. The van der Waals surface area contributed by atoms with Crippen molar-refractivity contribution in [2.75, 3.05) is 0 Å². The molecule has 2 heteroatoms. The summed E-state index contributed by atoms with van der Waals surface area (Å²) in [6.07, 6.45) is 3.00. The van der Waals surface area contributed by atoms with Gasteiger partial charge in [0.2, 0.25) is 0 Å². The maximum atomic E-state index is 5.68. The topological polar surface area (TPSA) is 52.0 Å². The molecule has 2 unspecified atom stereocenters. The first-order valence-corrected chi connectivity index (χ1v) is 3.38. The van der Waals surface area contributed by atoms with Gasteiger partial charge in [-0.15, -0.1) is 0 Å². The number of rotatable bonds is 0. The summed E-state index contributed by atoms with van der Waals surface area (Å²) < 4.78 is 0. The molecule has 4 N–H and O–H groups in total. The molecule has 1 aliphatic rings. The third-order valence-electron chi connectivity index (χ3n) is 1.91. The summed E-state index contributed by atoms with van der Waals surface area (Å²) in [5.41, 5.74) is 12.6. The summed E-state index contributed by atoms with van der Waals surface area (Å²) >= 11 is 0. The van der Waals surface area contributed by atoms with Crippen molar-refractivity contribution in [3.8, 4) is 0 Å². The van der Waals surface area contributed by atoms with E-state index in [1.54, 1.807) is 0 Å². The van der Waals surface area contributed by atoms with Gasteiger partial charge < -0.3 is 11.5 Å². The molecule has 0 aromatic carbocycles. The molecule has 1 fully saturated rings. The van der Waals surface area contributed by atoms with Crippen LogP contribution in [0.15, 0.2) is 12.2 Å². The van der Waals surface area contributed by atoms with Gasteiger partial charge in [0, 0.05) is 12.1 Å². The Morgan fingerprint density at radius 2 is 2.00 bits per heavy atom. The molecule has 0 saturated heterocycles. The van der Waals surface area contributed by atoms with Gasteiger partial charge in [-0.3, -0.25) is 0 Å². The van der Waals surface area contributed by atoms with Crippen molar-refractivity contribution in [3.63, 3.8) is 0 Å². The fourth-order valence-corrected chi connectivity index (χ4v) is 1.17. The van der Waals surface area contributed by atoms with Crippen LogP contribution < -0.4 is 11.5 Å². The van der Waals surface area contributed by atoms with Crippen LogP contribution in [0.2, 0.25) is 0 Å². The summed E-state index contributed by atoms with van der Waals surface area (Å²) in [5.74, 6) is 0. The van der Waals surface area contributed by atoms with Crippen LogP contribution in [0.5, 0.6) is 0 Å². The maximum Gasteiger partial charge on any atom is 0.0229 e. The van der Waals surface area contributed by atoms with Crippen LogP contribution in [0, 0.1) is 0 Å². The minimum Gasteiger partial charge on any atom is -0.326 e. The first kappa shape index (κ1) is 6.78. The van der Waals surface area contributed by atoms with Gasteiger partial charge >= 0.3 is 0 Å². The third kappa shape index (κ3) is 1.53. The van der Waals surface area contributed by atoms with E-state index in [2.05, 4.69) is 6.58 Å². The predicted octanol–water partition coefficient (Wildman–Crippen LogP) is 0.381. The average Bonchev–Trinajstić information content (AvgIpc) is 1.80. The molecule has 52 valence electrons. The zero-order chi connectivity index (χ0) is 6.85. The molecule has 0 aliphatic heterocycles. The third-order valence-corrected chi connectivity index (χ3v) is 1.91. The van der Waals surface area contributed by atoms with E-state index in [1.807, 2.05) is 0 Å². The number of nitrogens with two attached hydrogens (primary N) is 2. The van der Waals surface area contributed by atoms with Gasteiger partial charge in [0.15, 0.2) is 0 Å². The predicted molar refractivity (Wildman–Crippen MR) is 38.9 cm³/mol. The first-order chi connectivity index (χ1) is 4.20. The van der Waals surface area contributed by atoms with Crippen LogP contribution in [-0.2, 0) is 0 Å². The van der Waals surface area contributed by atoms with Gasteiger partial charge in [-0.2, -0.15) is 0 Å². The van der Waals surface area contributed by atoms with E-state index in [-0.39, 0.29) is 12.1 Å². The Kier molecular flexibility index (Phi) is 1.88.